The Hall–Kier alpha value is -0.750. The summed E-state index contributed by atoms with van der Waals surface area (Å²) in [5, 5.41) is 31.9. The smallest absolute Gasteiger partial charge is 0.158 e. The van der Waals surface area contributed by atoms with Crippen molar-refractivity contribution in [2.75, 3.05) is 0 Å². The van der Waals surface area contributed by atoms with Gasteiger partial charge in [-0.05, 0) is 92.8 Å². The third-order valence-electron chi connectivity index (χ3n) is 12.4. The molecule has 4 fully saturated rings. The Morgan fingerprint density at radius 2 is 1.77 bits per heavy atom. The van der Waals surface area contributed by atoms with Crippen molar-refractivity contribution in [3.05, 3.63) is 11.6 Å². The molecule has 5 unspecified atom stereocenters. The molecule has 0 spiro atoms. The van der Waals surface area contributed by atoms with Crippen LogP contribution in [0.4, 0.5) is 0 Å². The Balaban J connectivity index is 1.44. The number of aliphatic hydroxyl groups is 3. The number of fused-ring (bicyclic) bond motifs is 5. The van der Waals surface area contributed by atoms with Gasteiger partial charge in [0.2, 0.25) is 0 Å². The topological polar surface area (TPSA) is 87.0 Å². The van der Waals surface area contributed by atoms with Gasteiger partial charge in [0.1, 0.15) is 11.9 Å². The number of hydrogen-bond donors (Lipinski definition) is 3. The Bertz CT molecular complexity index is 916. The van der Waals surface area contributed by atoms with E-state index in [-0.39, 0.29) is 27.6 Å². The molecule has 0 aromatic heterocycles. The van der Waals surface area contributed by atoms with Crippen molar-refractivity contribution in [3.8, 4) is 0 Å². The molecule has 5 heteroatoms. The van der Waals surface area contributed by atoms with Gasteiger partial charge in [-0.25, -0.2) is 0 Å². The first-order valence-corrected chi connectivity index (χ1v) is 14.0. The van der Waals surface area contributed by atoms with E-state index in [1.165, 1.54) is 0 Å². The summed E-state index contributed by atoms with van der Waals surface area (Å²) >= 11 is 0. The van der Waals surface area contributed by atoms with Crippen molar-refractivity contribution in [1.29, 1.82) is 0 Å². The maximum absolute atomic E-state index is 12.8. The van der Waals surface area contributed by atoms with Gasteiger partial charge in [-0.2, -0.15) is 0 Å². The van der Waals surface area contributed by atoms with Crippen LogP contribution < -0.4 is 0 Å². The zero-order chi connectivity index (χ0) is 25.8. The highest BCUT2D eigenvalue weighted by Crippen LogP contribution is 2.73. The van der Waals surface area contributed by atoms with Gasteiger partial charge in [0.25, 0.3) is 0 Å². The first kappa shape index (κ1) is 25.9. The van der Waals surface area contributed by atoms with E-state index in [1.54, 1.807) is 19.4 Å². The van der Waals surface area contributed by atoms with Crippen LogP contribution in [-0.2, 0) is 9.53 Å². The Morgan fingerprint density at radius 3 is 2.43 bits per heavy atom. The zero-order valence-electron chi connectivity index (χ0n) is 22.9. The Kier molecular flexibility index (Phi) is 5.83. The van der Waals surface area contributed by atoms with E-state index < -0.39 is 24.1 Å². The number of carbonyl (C=O) groups excluding carboxylic acids is 1. The molecule has 5 nitrogen and oxygen atoms in total. The molecule has 3 N–H and O–H groups in total. The standard InChI is InChI=1S/C30H48O5/c1-26(2)22-9-8-20-19(28(22,5)13-12-23(26)31)11-15-29(6)18(10-14-30(20,29)7)17-16-21(35-25(17)33)24(32)27(3,4)34/h8,17-19,21-22,24-25,32-34H,9-16H2,1-7H3/t17-,18+,19?,21-,22?,24?,25?,28-,29?,30-/m1/s1. The van der Waals surface area contributed by atoms with Gasteiger partial charge in [-0.15, -0.1) is 0 Å². The van der Waals surface area contributed by atoms with Crippen molar-refractivity contribution in [1.82, 2.24) is 0 Å². The van der Waals surface area contributed by atoms with Crippen molar-refractivity contribution in [2.24, 2.45) is 45.3 Å². The molecule has 5 aliphatic rings. The molecule has 4 aliphatic carbocycles. The second-order valence-corrected chi connectivity index (χ2v) is 14.6. The molecule has 0 amide bonds. The average Bonchev–Trinajstić information content (AvgIpc) is 3.26. The first-order valence-electron chi connectivity index (χ1n) is 14.0. The number of aliphatic hydroxyl groups excluding tert-OH is 2. The largest absolute Gasteiger partial charge is 0.388 e. The molecule has 3 saturated carbocycles. The minimum absolute atomic E-state index is 0.0286. The molecule has 1 aliphatic heterocycles. The van der Waals surface area contributed by atoms with Crippen LogP contribution in [-0.4, -0.2) is 45.2 Å². The van der Waals surface area contributed by atoms with Crippen LogP contribution in [0.5, 0.6) is 0 Å². The fraction of sp³-hybridized carbons (Fsp3) is 0.900. The molecule has 0 radical (unpaired) electrons. The number of ketones is 1. The molecular formula is C30H48O5. The Morgan fingerprint density at radius 1 is 1.09 bits per heavy atom. The summed E-state index contributed by atoms with van der Waals surface area (Å²) in [4.78, 5) is 12.8. The lowest BCUT2D eigenvalue weighted by molar-refractivity contribution is -0.172. The van der Waals surface area contributed by atoms with E-state index in [0.717, 1.165) is 38.5 Å². The van der Waals surface area contributed by atoms with Gasteiger partial charge in [0, 0.05) is 17.8 Å². The van der Waals surface area contributed by atoms with Gasteiger partial charge >= 0.3 is 0 Å². The summed E-state index contributed by atoms with van der Waals surface area (Å²) in [6, 6.07) is 0. The summed E-state index contributed by atoms with van der Waals surface area (Å²) in [5.41, 5.74) is 0.409. The lowest BCUT2D eigenvalue weighted by Gasteiger charge is -2.63. The predicted octanol–water partition coefficient (Wildman–Crippen LogP) is 5.02. The molecule has 198 valence electrons. The van der Waals surface area contributed by atoms with Gasteiger partial charge < -0.3 is 20.1 Å². The molecule has 10 atom stereocenters. The molecule has 5 rings (SSSR count). The average molecular weight is 489 g/mol. The normalized spacial score (nSPS) is 50.2. The van der Waals surface area contributed by atoms with E-state index in [4.69, 9.17) is 4.74 Å². The summed E-state index contributed by atoms with van der Waals surface area (Å²) in [5.74, 6) is 1.66. The van der Waals surface area contributed by atoms with E-state index in [0.29, 0.717) is 36.4 Å². The zero-order valence-corrected chi connectivity index (χ0v) is 22.9. The molecule has 0 bridgehead atoms. The number of hydrogen-bond acceptors (Lipinski definition) is 5. The molecular weight excluding hydrogens is 440 g/mol. The van der Waals surface area contributed by atoms with Crippen molar-refractivity contribution in [2.45, 2.75) is 124 Å². The Labute approximate surface area is 211 Å². The van der Waals surface area contributed by atoms with Crippen LogP contribution in [0.2, 0.25) is 0 Å². The number of Topliss-reactive ketones (excluding diaryl/α,β-unsaturated/α-hetero) is 1. The van der Waals surface area contributed by atoms with E-state index >= 15 is 0 Å². The summed E-state index contributed by atoms with van der Waals surface area (Å²) in [7, 11) is 0. The minimum atomic E-state index is -1.26. The highest BCUT2D eigenvalue weighted by atomic mass is 16.6. The SMILES string of the molecule is CC(C)(O)C(O)[C@H]1C[C@H]([C@@H]2CC[C@]3(C)C4=CCC5C(C)(C)C(=O)CC[C@]5(C)C4CCC23C)C(O)O1. The van der Waals surface area contributed by atoms with E-state index in [2.05, 4.69) is 40.7 Å². The van der Waals surface area contributed by atoms with E-state index in [9.17, 15) is 20.1 Å². The monoisotopic (exact) mass is 488 g/mol. The highest BCUT2D eigenvalue weighted by Gasteiger charge is 2.66. The molecule has 0 aromatic carbocycles. The van der Waals surface area contributed by atoms with Crippen LogP contribution in [0.25, 0.3) is 0 Å². The first-order chi connectivity index (χ1) is 16.1. The number of rotatable bonds is 3. The van der Waals surface area contributed by atoms with Crippen molar-refractivity contribution < 1.29 is 24.9 Å². The summed E-state index contributed by atoms with van der Waals surface area (Å²) in [6.07, 6.45) is 7.78. The molecule has 1 saturated heterocycles. The van der Waals surface area contributed by atoms with Crippen molar-refractivity contribution in [3.63, 3.8) is 0 Å². The fourth-order valence-corrected chi connectivity index (χ4v) is 9.98. The predicted molar refractivity (Wildman–Crippen MR) is 135 cm³/mol. The molecule has 35 heavy (non-hydrogen) atoms. The number of allylic oxidation sites excluding steroid dienone is 2. The van der Waals surface area contributed by atoms with Gasteiger partial charge in [-0.3, -0.25) is 4.79 Å². The lowest BCUT2D eigenvalue weighted by atomic mass is 9.41. The minimum Gasteiger partial charge on any atom is -0.388 e. The van der Waals surface area contributed by atoms with Crippen LogP contribution >= 0.6 is 0 Å². The second-order valence-electron chi connectivity index (χ2n) is 14.6. The fourth-order valence-electron chi connectivity index (χ4n) is 9.98. The van der Waals surface area contributed by atoms with Gasteiger partial charge in [-0.1, -0.05) is 46.3 Å². The van der Waals surface area contributed by atoms with Crippen LogP contribution in [0.3, 0.4) is 0 Å². The number of ether oxygens (including phenoxy) is 1. The highest BCUT2D eigenvalue weighted by molar-refractivity contribution is 5.85. The van der Waals surface area contributed by atoms with Gasteiger partial charge in [0.05, 0.1) is 11.7 Å². The van der Waals surface area contributed by atoms with Gasteiger partial charge in [0.15, 0.2) is 6.29 Å². The van der Waals surface area contributed by atoms with Crippen LogP contribution in [0.1, 0.15) is 99.8 Å². The third kappa shape index (κ3) is 3.43. The summed E-state index contributed by atoms with van der Waals surface area (Å²) < 4.78 is 5.86. The maximum Gasteiger partial charge on any atom is 0.158 e. The van der Waals surface area contributed by atoms with E-state index in [1.807, 2.05) is 0 Å². The quantitative estimate of drug-likeness (QED) is 0.486. The second kappa shape index (κ2) is 7.88. The molecule has 1 heterocycles. The third-order valence-corrected chi connectivity index (χ3v) is 12.4. The lowest BCUT2D eigenvalue weighted by Crippen LogP contribution is -2.57. The maximum atomic E-state index is 12.8. The van der Waals surface area contributed by atoms with Crippen molar-refractivity contribution >= 4 is 5.78 Å². The summed E-state index contributed by atoms with van der Waals surface area (Å²) in [6.45, 7) is 14.9. The van der Waals surface area contributed by atoms with Crippen LogP contribution in [0.15, 0.2) is 11.6 Å². The number of carbonyl (C=O) groups is 1. The van der Waals surface area contributed by atoms with Crippen LogP contribution in [0, 0.1) is 45.3 Å². The molecule has 0 aromatic rings.